The largest absolute Gasteiger partial charge is 0.348 e. The highest BCUT2D eigenvalue weighted by Gasteiger charge is 2.16. The van der Waals surface area contributed by atoms with Gasteiger partial charge in [-0.25, -0.2) is 0 Å². The molecule has 16 heavy (non-hydrogen) atoms. The molecular weight excluding hydrogens is 226 g/mol. The molecule has 0 aromatic heterocycles. The number of nitrogens with two attached hydrogens (primary N) is 1. The molecule has 1 aromatic carbocycles. The lowest BCUT2D eigenvalue weighted by Gasteiger charge is -2.14. The Kier molecular flexibility index (Phi) is 4.18. The van der Waals surface area contributed by atoms with E-state index in [4.69, 9.17) is 26.8 Å². The Morgan fingerprint density at radius 2 is 2.00 bits per heavy atom. The monoisotopic (exact) mass is 241 g/mol. The molecule has 1 aromatic rings. The van der Waals surface area contributed by atoms with E-state index in [0.717, 1.165) is 29.0 Å². The Morgan fingerprint density at radius 1 is 1.25 bits per heavy atom. The van der Waals surface area contributed by atoms with E-state index < -0.39 is 0 Å². The van der Waals surface area contributed by atoms with Crippen LogP contribution in [0.25, 0.3) is 0 Å². The molecule has 88 valence electrons. The van der Waals surface area contributed by atoms with Gasteiger partial charge in [0.15, 0.2) is 6.29 Å². The summed E-state index contributed by atoms with van der Waals surface area (Å²) in [4.78, 5) is 0. The summed E-state index contributed by atoms with van der Waals surface area (Å²) in [5.41, 5.74) is 7.73. The SMILES string of the molecule is NCCCC1OCc2ccc(Cl)cc2CO1. The van der Waals surface area contributed by atoms with Gasteiger partial charge in [0, 0.05) is 5.02 Å². The topological polar surface area (TPSA) is 44.5 Å². The zero-order chi connectivity index (χ0) is 11.4. The van der Waals surface area contributed by atoms with Gasteiger partial charge in [0.25, 0.3) is 0 Å². The molecule has 3 nitrogen and oxygen atoms in total. The van der Waals surface area contributed by atoms with Crippen LogP contribution in [0.3, 0.4) is 0 Å². The highest BCUT2D eigenvalue weighted by molar-refractivity contribution is 6.30. The number of halogens is 1. The lowest BCUT2D eigenvalue weighted by atomic mass is 10.1. The Hall–Kier alpha value is -0.610. The maximum absolute atomic E-state index is 5.94. The van der Waals surface area contributed by atoms with Crippen molar-refractivity contribution < 1.29 is 9.47 Å². The molecule has 0 fully saturated rings. The van der Waals surface area contributed by atoms with Gasteiger partial charge in [-0.1, -0.05) is 17.7 Å². The molecule has 1 aliphatic rings. The predicted octanol–water partition coefficient (Wildman–Crippen LogP) is 2.45. The van der Waals surface area contributed by atoms with Crippen molar-refractivity contribution >= 4 is 11.6 Å². The third-order valence-corrected chi connectivity index (χ3v) is 2.90. The van der Waals surface area contributed by atoms with E-state index in [1.165, 1.54) is 0 Å². The minimum absolute atomic E-state index is 0.144. The van der Waals surface area contributed by atoms with Crippen molar-refractivity contribution in [1.29, 1.82) is 0 Å². The van der Waals surface area contributed by atoms with E-state index in [1.54, 1.807) is 0 Å². The first-order valence-electron chi connectivity index (χ1n) is 5.50. The predicted molar refractivity (Wildman–Crippen MR) is 63.1 cm³/mol. The summed E-state index contributed by atoms with van der Waals surface area (Å²) in [6, 6.07) is 5.81. The molecule has 4 heteroatoms. The maximum Gasteiger partial charge on any atom is 0.158 e. The van der Waals surface area contributed by atoms with Crippen LogP contribution in [0.15, 0.2) is 18.2 Å². The molecule has 0 radical (unpaired) electrons. The smallest absolute Gasteiger partial charge is 0.158 e. The third-order valence-electron chi connectivity index (χ3n) is 2.66. The molecule has 0 saturated carbocycles. The van der Waals surface area contributed by atoms with Gasteiger partial charge in [-0.2, -0.15) is 0 Å². The van der Waals surface area contributed by atoms with Crippen LogP contribution < -0.4 is 5.73 Å². The van der Waals surface area contributed by atoms with E-state index in [1.807, 2.05) is 18.2 Å². The summed E-state index contributed by atoms with van der Waals surface area (Å²) < 4.78 is 11.3. The van der Waals surface area contributed by atoms with Crippen LogP contribution in [0.2, 0.25) is 5.02 Å². The fourth-order valence-corrected chi connectivity index (χ4v) is 1.93. The molecule has 2 N–H and O–H groups in total. The van der Waals surface area contributed by atoms with Gasteiger partial charge in [-0.15, -0.1) is 0 Å². The molecule has 0 aliphatic carbocycles. The normalized spacial score (nSPS) is 20.2. The minimum atomic E-state index is -0.144. The fourth-order valence-electron chi connectivity index (χ4n) is 1.73. The van der Waals surface area contributed by atoms with E-state index in [-0.39, 0.29) is 6.29 Å². The first-order valence-corrected chi connectivity index (χ1v) is 5.88. The summed E-state index contributed by atoms with van der Waals surface area (Å²) >= 11 is 5.94. The van der Waals surface area contributed by atoms with Gasteiger partial charge in [0.2, 0.25) is 0 Å². The van der Waals surface area contributed by atoms with Gasteiger partial charge in [-0.3, -0.25) is 0 Å². The Bertz CT molecular complexity index is 357. The standard InChI is InChI=1S/C12H16ClNO2/c13-11-4-3-9-7-15-12(2-1-5-14)16-8-10(9)6-11/h3-4,6,12H,1-2,5,7-8,14H2. The second-order valence-corrected chi connectivity index (χ2v) is 4.33. The summed E-state index contributed by atoms with van der Waals surface area (Å²) in [6.45, 7) is 1.81. The molecule has 1 heterocycles. The maximum atomic E-state index is 5.94. The quantitative estimate of drug-likeness (QED) is 0.884. The molecule has 1 aliphatic heterocycles. The van der Waals surface area contributed by atoms with Gasteiger partial charge in [0.1, 0.15) is 0 Å². The zero-order valence-corrected chi connectivity index (χ0v) is 9.87. The molecule has 1 unspecified atom stereocenters. The number of hydrogen-bond donors (Lipinski definition) is 1. The van der Waals surface area contributed by atoms with Gasteiger partial charge in [0.05, 0.1) is 13.2 Å². The van der Waals surface area contributed by atoms with Crippen LogP contribution in [-0.4, -0.2) is 12.8 Å². The fraction of sp³-hybridized carbons (Fsp3) is 0.500. The average molecular weight is 242 g/mol. The summed E-state index contributed by atoms with van der Waals surface area (Å²) in [5, 5.41) is 0.739. The third kappa shape index (κ3) is 2.95. The Labute approximate surface area is 100 Å². The van der Waals surface area contributed by atoms with Crippen molar-refractivity contribution in [3.8, 4) is 0 Å². The lowest BCUT2D eigenvalue weighted by Crippen LogP contribution is -2.16. The summed E-state index contributed by atoms with van der Waals surface area (Å²) in [6.07, 6.45) is 1.62. The van der Waals surface area contributed by atoms with Gasteiger partial charge in [-0.05, 0) is 42.6 Å². The van der Waals surface area contributed by atoms with Crippen LogP contribution in [0.4, 0.5) is 0 Å². The number of hydrogen-bond acceptors (Lipinski definition) is 3. The van der Waals surface area contributed by atoms with Crippen LogP contribution >= 0.6 is 11.6 Å². The molecule has 0 bridgehead atoms. The van der Waals surface area contributed by atoms with Gasteiger partial charge < -0.3 is 15.2 Å². The number of fused-ring (bicyclic) bond motifs is 1. The highest BCUT2D eigenvalue weighted by Crippen LogP contribution is 2.23. The van der Waals surface area contributed by atoms with E-state index in [0.29, 0.717) is 19.8 Å². The van der Waals surface area contributed by atoms with Crippen molar-refractivity contribution in [3.05, 3.63) is 34.3 Å². The molecular formula is C12H16ClNO2. The first-order chi connectivity index (χ1) is 7.79. The van der Waals surface area contributed by atoms with Crippen molar-refractivity contribution in [2.75, 3.05) is 6.54 Å². The summed E-state index contributed by atoms with van der Waals surface area (Å²) in [7, 11) is 0. The van der Waals surface area contributed by atoms with Gasteiger partial charge >= 0.3 is 0 Å². The first kappa shape index (κ1) is 11.9. The minimum Gasteiger partial charge on any atom is -0.348 e. The summed E-state index contributed by atoms with van der Waals surface area (Å²) in [5.74, 6) is 0. The van der Waals surface area contributed by atoms with Crippen molar-refractivity contribution in [1.82, 2.24) is 0 Å². The second-order valence-electron chi connectivity index (χ2n) is 3.90. The van der Waals surface area contributed by atoms with Crippen molar-refractivity contribution in [2.24, 2.45) is 5.73 Å². The Morgan fingerprint density at radius 3 is 2.75 bits per heavy atom. The van der Waals surface area contributed by atoms with Crippen molar-refractivity contribution in [2.45, 2.75) is 32.3 Å². The average Bonchev–Trinajstić information content (AvgIpc) is 2.48. The molecule has 0 saturated heterocycles. The molecule has 0 spiro atoms. The van der Waals surface area contributed by atoms with Crippen LogP contribution in [0, 0.1) is 0 Å². The van der Waals surface area contributed by atoms with Crippen molar-refractivity contribution in [3.63, 3.8) is 0 Å². The van der Waals surface area contributed by atoms with Crippen LogP contribution in [0.1, 0.15) is 24.0 Å². The van der Waals surface area contributed by atoms with Crippen LogP contribution in [0.5, 0.6) is 0 Å². The number of rotatable bonds is 3. The number of ether oxygens (including phenoxy) is 2. The van der Waals surface area contributed by atoms with E-state index in [2.05, 4.69) is 0 Å². The molecule has 2 rings (SSSR count). The second kappa shape index (κ2) is 5.64. The zero-order valence-electron chi connectivity index (χ0n) is 9.12. The molecule has 1 atom stereocenters. The van der Waals surface area contributed by atoms with E-state index >= 15 is 0 Å². The lowest BCUT2D eigenvalue weighted by molar-refractivity contribution is -0.152. The van der Waals surface area contributed by atoms with Crippen LogP contribution in [-0.2, 0) is 22.7 Å². The van der Waals surface area contributed by atoms with E-state index in [9.17, 15) is 0 Å². The Balaban J connectivity index is 2.01. The number of benzene rings is 1. The highest BCUT2D eigenvalue weighted by atomic mass is 35.5. The molecule has 0 amide bonds.